The molecule has 1 N–H and O–H groups in total. The fraction of sp³-hybridized carbons (Fsp3) is 0.500. The molecule has 0 aliphatic carbocycles. The number of rotatable bonds is 1. The maximum absolute atomic E-state index is 11.0. The molecule has 60 valence electrons. The van der Waals surface area contributed by atoms with Gasteiger partial charge in [0.05, 0.1) is 6.04 Å². The second-order valence-electron chi connectivity index (χ2n) is 2.79. The van der Waals surface area contributed by atoms with Crippen LogP contribution in [0.3, 0.4) is 0 Å². The maximum atomic E-state index is 11.0. The lowest BCUT2D eigenvalue weighted by molar-refractivity contribution is -0.117. The molecule has 1 aliphatic heterocycles. The van der Waals surface area contributed by atoms with Gasteiger partial charge in [0.15, 0.2) is 5.78 Å². The number of carbonyl (C=O) groups is 2. The SMILES string of the molecule is CC(=O)C1=C(C)C(=O)NC1C. The average molecular weight is 153 g/mol. The van der Waals surface area contributed by atoms with Gasteiger partial charge >= 0.3 is 0 Å². The summed E-state index contributed by atoms with van der Waals surface area (Å²) in [6, 6.07) is -0.111. The van der Waals surface area contributed by atoms with Crippen molar-refractivity contribution in [2.45, 2.75) is 26.8 Å². The van der Waals surface area contributed by atoms with Crippen LogP contribution in [0, 0.1) is 0 Å². The van der Waals surface area contributed by atoms with Crippen molar-refractivity contribution in [2.75, 3.05) is 0 Å². The summed E-state index contributed by atoms with van der Waals surface area (Å²) in [6.07, 6.45) is 0. The van der Waals surface area contributed by atoms with Crippen molar-refractivity contribution in [1.82, 2.24) is 5.32 Å². The van der Waals surface area contributed by atoms with E-state index in [1.54, 1.807) is 6.92 Å². The summed E-state index contributed by atoms with van der Waals surface area (Å²) in [4.78, 5) is 21.9. The first kappa shape index (κ1) is 7.98. The van der Waals surface area contributed by atoms with E-state index in [0.29, 0.717) is 11.1 Å². The highest BCUT2D eigenvalue weighted by Gasteiger charge is 2.27. The number of hydrogen-bond acceptors (Lipinski definition) is 2. The lowest BCUT2D eigenvalue weighted by Crippen LogP contribution is -2.26. The van der Waals surface area contributed by atoms with E-state index in [9.17, 15) is 9.59 Å². The Kier molecular flexibility index (Phi) is 1.81. The first-order valence-corrected chi connectivity index (χ1v) is 3.56. The van der Waals surface area contributed by atoms with E-state index in [-0.39, 0.29) is 17.7 Å². The van der Waals surface area contributed by atoms with Gasteiger partial charge in [-0.15, -0.1) is 0 Å². The first-order chi connectivity index (χ1) is 5.04. The molecule has 1 unspecified atom stereocenters. The highest BCUT2D eigenvalue weighted by atomic mass is 16.2. The van der Waals surface area contributed by atoms with Crippen LogP contribution in [-0.2, 0) is 9.59 Å². The summed E-state index contributed by atoms with van der Waals surface area (Å²) < 4.78 is 0. The van der Waals surface area contributed by atoms with Crippen molar-refractivity contribution in [2.24, 2.45) is 0 Å². The van der Waals surface area contributed by atoms with E-state index in [2.05, 4.69) is 5.32 Å². The minimum absolute atomic E-state index is 0.0200. The normalized spacial score (nSPS) is 23.9. The third kappa shape index (κ3) is 1.18. The highest BCUT2D eigenvalue weighted by Crippen LogP contribution is 2.16. The molecule has 3 nitrogen and oxygen atoms in total. The fourth-order valence-corrected chi connectivity index (χ4v) is 1.39. The third-order valence-electron chi connectivity index (χ3n) is 1.90. The molecule has 3 heteroatoms. The Bertz CT molecular complexity index is 253. The summed E-state index contributed by atoms with van der Waals surface area (Å²) in [6.45, 7) is 4.97. The van der Waals surface area contributed by atoms with E-state index in [1.807, 2.05) is 6.92 Å². The second kappa shape index (κ2) is 2.49. The van der Waals surface area contributed by atoms with Crippen LogP contribution < -0.4 is 5.32 Å². The Hall–Kier alpha value is -1.12. The Morgan fingerprint density at radius 1 is 1.55 bits per heavy atom. The molecule has 1 amide bonds. The molecule has 0 aromatic heterocycles. The minimum Gasteiger partial charge on any atom is -0.346 e. The van der Waals surface area contributed by atoms with E-state index in [0.717, 1.165) is 0 Å². The molecule has 0 aromatic carbocycles. The zero-order valence-electron chi connectivity index (χ0n) is 6.89. The Labute approximate surface area is 65.5 Å². The number of carbonyl (C=O) groups excluding carboxylic acids is 2. The van der Waals surface area contributed by atoms with Gasteiger partial charge in [-0.2, -0.15) is 0 Å². The van der Waals surface area contributed by atoms with Crippen LogP contribution in [-0.4, -0.2) is 17.7 Å². The van der Waals surface area contributed by atoms with Gasteiger partial charge in [0.25, 0.3) is 0 Å². The summed E-state index contributed by atoms with van der Waals surface area (Å²) in [5.41, 5.74) is 1.18. The van der Waals surface area contributed by atoms with Crippen molar-refractivity contribution in [3.05, 3.63) is 11.1 Å². The quantitative estimate of drug-likeness (QED) is 0.593. The van der Waals surface area contributed by atoms with Crippen LogP contribution in [0.15, 0.2) is 11.1 Å². The predicted molar refractivity (Wildman–Crippen MR) is 41.0 cm³/mol. The van der Waals surface area contributed by atoms with Gasteiger partial charge < -0.3 is 5.32 Å². The third-order valence-corrected chi connectivity index (χ3v) is 1.90. The van der Waals surface area contributed by atoms with Gasteiger partial charge in [-0.25, -0.2) is 0 Å². The molecule has 0 fully saturated rings. The smallest absolute Gasteiger partial charge is 0.247 e. The Morgan fingerprint density at radius 2 is 2.09 bits per heavy atom. The molecule has 0 saturated carbocycles. The lowest BCUT2D eigenvalue weighted by Gasteiger charge is -2.04. The van der Waals surface area contributed by atoms with Crippen molar-refractivity contribution >= 4 is 11.7 Å². The van der Waals surface area contributed by atoms with E-state index in [1.165, 1.54) is 6.92 Å². The van der Waals surface area contributed by atoms with E-state index < -0.39 is 0 Å². The summed E-state index contributed by atoms with van der Waals surface area (Å²) >= 11 is 0. The fourth-order valence-electron chi connectivity index (χ4n) is 1.39. The molecular formula is C8H11NO2. The molecule has 0 saturated heterocycles. The summed E-state index contributed by atoms with van der Waals surface area (Å²) in [5.74, 6) is -0.143. The molecule has 0 spiro atoms. The van der Waals surface area contributed by atoms with Crippen LogP contribution in [0.5, 0.6) is 0 Å². The maximum Gasteiger partial charge on any atom is 0.247 e. The van der Waals surface area contributed by atoms with Crippen LogP contribution in [0.4, 0.5) is 0 Å². The van der Waals surface area contributed by atoms with Gasteiger partial charge in [0, 0.05) is 11.1 Å². The van der Waals surface area contributed by atoms with Gasteiger partial charge in [0.1, 0.15) is 0 Å². The zero-order valence-corrected chi connectivity index (χ0v) is 6.89. The molecule has 0 aromatic rings. The van der Waals surface area contributed by atoms with Gasteiger partial charge in [0.2, 0.25) is 5.91 Å². The van der Waals surface area contributed by atoms with E-state index >= 15 is 0 Å². The van der Waals surface area contributed by atoms with Crippen molar-refractivity contribution in [1.29, 1.82) is 0 Å². The first-order valence-electron chi connectivity index (χ1n) is 3.56. The second-order valence-corrected chi connectivity index (χ2v) is 2.79. The Balaban J connectivity index is 3.06. The van der Waals surface area contributed by atoms with Gasteiger partial charge in [-0.1, -0.05) is 0 Å². The minimum atomic E-state index is -0.122. The molecule has 1 atom stereocenters. The molecule has 1 heterocycles. The number of amides is 1. The average Bonchev–Trinajstić information content (AvgIpc) is 2.07. The van der Waals surface area contributed by atoms with Crippen LogP contribution in [0.2, 0.25) is 0 Å². The largest absolute Gasteiger partial charge is 0.346 e. The molecule has 1 rings (SSSR count). The van der Waals surface area contributed by atoms with Crippen LogP contribution in [0.25, 0.3) is 0 Å². The zero-order chi connectivity index (χ0) is 8.59. The molecule has 0 radical (unpaired) electrons. The highest BCUT2D eigenvalue weighted by molar-refractivity contribution is 6.08. The standard InChI is InChI=1S/C8H11NO2/c1-4-7(6(3)10)5(2)9-8(4)11/h5H,1-3H3,(H,9,11). The summed E-state index contributed by atoms with van der Waals surface area (Å²) in [5, 5.41) is 2.66. The van der Waals surface area contributed by atoms with E-state index in [4.69, 9.17) is 0 Å². The number of hydrogen-bond donors (Lipinski definition) is 1. The van der Waals surface area contributed by atoms with Crippen molar-refractivity contribution < 1.29 is 9.59 Å². The van der Waals surface area contributed by atoms with Crippen molar-refractivity contribution in [3.63, 3.8) is 0 Å². The number of ketones is 1. The predicted octanol–water partition coefficient (Wildman–Crippen LogP) is 0.410. The van der Waals surface area contributed by atoms with Crippen LogP contribution >= 0.6 is 0 Å². The van der Waals surface area contributed by atoms with Crippen LogP contribution in [0.1, 0.15) is 20.8 Å². The topological polar surface area (TPSA) is 46.2 Å². The molecule has 11 heavy (non-hydrogen) atoms. The lowest BCUT2D eigenvalue weighted by atomic mass is 10.0. The van der Waals surface area contributed by atoms with Crippen molar-refractivity contribution in [3.8, 4) is 0 Å². The molecule has 0 bridgehead atoms. The van der Waals surface area contributed by atoms with Gasteiger partial charge in [-0.05, 0) is 20.8 Å². The number of nitrogens with one attached hydrogen (secondary N) is 1. The number of Topliss-reactive ketones (excluding diaryl/α,β-unsaturated/α-hetero) is 1. The van der Waals surface area contributed by atoms with Gasteiger partial charge in [-0.3, -0.25) is 9.59 Å². The summed E-state index contributed by atoms with van der Waals surface area (Å²) in [7, 11) is 0. The molecule has 1 aliphatic rings. The monoisotopic (exact) mass is 153 g/mol. The Morgan fingerprint density at radius 3 is 2.27 bits per heavy atom. The molecular weight excluding hydrogens is 142 g/mol.